The van der Waals surface area contributed by atoms with Crippen LogP contribution in [0, 0.1) is 5.92 Å². The first-order valence-electron chi connectivity index (χ1n) is 10.8. The van der Waals surface area contributed by atoms with E-state index in [4.69, 9.17) is 4.74 Å². The molecule has 2 N–H and O–H groups in total. The van der Waals surface area contributed by atoms with Crippen LogP contribution in [0.3, 0.4) is 0 Å². The second-order valence-electron chi connectivity index (χ2n) is 8.06. The maximum absolute atomic E-state index is 12.7. The number of carbonyl (C=O) groups excluding carboxylic acids is 2. The molecule has 0 spiro atoms. The van der Waals surface area contributed by atoms with Gasteiger partial charge in [0.2, 0.25) is 21.8 Å². The van der Waals surface area contributed by atoms with E-state index in [2.05, 4.69) is 10.0 Å². The van der Waals surface area contributed by atoms with E-state index in [9.17, 15) is 18.0 Å². The Bertz CT molecular complexity index is 1100. The Balaban J connectivity index is 1.34. The summed E-state index contributed by atoms with van der Waals surface area (Å²) in [6, 6.07) is 13.8. The minimum atomic E-state index is -3.50. The molecule has 1 saturated heterocycles. The molecule has 0 bridgehead atoms. The average Bonchev–Trinajstić information content (AvgIpc) is 3.50. The summed E-state index contributed by atoms with van der Waals surface area (Å²) in [5.41, 5.74) is 1.46. The lowest BCUT2D eigenvalue weighted by atomic mass is 10.1. The second-order valence-corrected chi connectivity index (χ2v) is 9.78. The van der Waals surface area contributed by atoms with E-state index in [1.165, 1.54) is 12.1 Å². The number of amides is 2. The lowest BCUT2D eigenvalue weighted by molar-refractivity contribution is -0.126. The van der Waals surface area contributed by atoms with Crippen LogP contribution in [0.15, 0.2) is 53.4 Å². The number of hydrogen-bond acceptors (Lipinski definition) is 5. The SMILES string of the molecule is CCOc1ccccc1N1CC(C(=O)NCc2ccc(S(=O)(=O)NC3CC3)cc2)CC1=O. The molecule has 1 aliphatic carbocycles. The molecule has 32 heavy (non-hydrogen) atoms. The maximum Gasteiger partial charge on any atom is 0.240 e. The number of benzene rings is 2. The number of rotatable bonds is 9. The molecule has 1 unspecified atom stereocenters. The van der Waals surface area contributed by atoms with Crippen LogP contribution in [0.5, 0.6) is 5.75 Å². The van der Waals surface area contributed by atoms with Crippen molar-refractivity contribution in [2.24, 2.45) is 5.92 Å². The molecule has 1 saturated carbocycles. The number of hydrogen-bond donors (Lipinski definition) is 2. The van der Waals surface area contributed by atoms with E-state index in [-0.39, 0.29) is 35.7 Å². The summed E-state index contributed by atoms with van der Waals surface area (Å²) < 4.78 is 32.8. The van der Waals surface area contributed by atoms with E-state index in [0.717, 1.165) is 18.4 Å². The zero-order valence-electron chi connectivity index (χ0n) is 17.9. The summed E-state index contributed by atoms with van der Waals surface area (Å²) in [6.45, 7) is 2.91. The number of anilines is 1. The van der Waals surface area contributed by atoms with Gasteiger partial charge in [-0.2, -0.15) is 0 Å². The van der Waals surface area contributed by atoms with Crippen molar-refractivity contribution in [2.45, 2.75) is 43.7 Å². The first-order valence-corrected chi connectivity index (χ1v) is 12.3. The van der Waals surface area contributed by atoms with Crippen LogP contribution in [0.2, 0.25) is 0 Å². The Morgan fingerprint density at radius 2 is 1.84 bits per heavy atom. The highest BCUT2D eigenvalue weighted by Gasteiger charge is 2.36. The van der Waals surface area contributed by atoms with Crippen LogP contribution in [0.1, 0.15) is 31.7 Å². The van der Waals surface area contributed by atoms with E-state index >= 15 is 0 Å². The topological polar surface area (TPSA) is 105 Å². The minimum absolute atomic E-state index is 0.0492. The number of nitrogens with zero attached hydrogens (tertiary/aromatic N) is 1. The molecule has 2 aliphatic rings. The highest BCUT2D eigenvalue weighted by atomic mass is 32.2. The predicted octanol–water partition coefficient (Wildman–Crippen LogP) is 2.20. The van der Waals surface area contributed by atoms with Crippen molar-refractivity contribution in [1.82, 2.24) is 10.0 Å². The number of ether oxygens (including phenoxy) is 1. The molecule has 2 fully saturated rings. The Morgan fingerprint density at radius 1 is 1.12 bits per heavy atom. The Kier molecular flexibility index (Phi) is 6.48. The van der Waals surface area contributed by atoms with Crippen molar-refractivity contribution in [2.75, 3.05) is 18.1 Å². The normalized spacial score (nSPS) is 18.6. The molecule has 4 rings (SSSR count). The lowest BCUT2D eigenvalue weighted by Crippen LogP contribution is -2.32. The van der Waals surface area contributed by atoms with Crippen molar-refractivity contribution in [1.29, 1.82) is 0 Å². The quantitative estimate of drug-likeness (QED) is 0.601. The van der Waals surface area contributed by atoms with Crippen LogP contribution in [-0.4, -0.2) is 39.4 Å². The van der Waals surface area contributed by atoms with Gasteiger partial charge in [-0.15, -0.1) is 0 Å². The third kappa shape index (κ3) is 5.11. The van der Waals surface area contributed by atoms with Gasteiger partial charge in [0.25, 0.3) is 0 Å². The Morgan fingerprint density at radius 3 is 2.53 bits per heavy atom. The average molecular weight is 458 g/mol. The fourth-order valence-electron chi connectivity index (χ4n) is 3.68. The van der Waals surface area contributed by atoms with Crippen molar-refractivity contribution in [3.8, 4) is 5.75 Å². The Hall–Kier alpha value is -2.91. The summed E-state index contributed by atoms with van der Waals surface area (Å²) in [6.07, 6.45) is 1.89. The van der Waals surface area contributed by atoms with Gasteiger partial charge in [-0.25, -0.2) is 13.1 Å². The molecule has 0 radical (unpaired) electrons. The van der Waals surface area contributed by atoms with Crippen molar-refractivity contribution >= 4 is 27.5 Å². The molecule has 1 aliphatic heterocycles. The largest absolute Gasteiger partial charge is 0.492 e. The summed E-state index contributed by atoms with van der Waals surface area (Å²) in [7, 11) is -3.50. The van der Waals surface area contributed by atoms with Gasteiger partial charge in [-0.1, -0.05) is 24.3 Å². The van der Waals surface area contributed by atoms with E-state index < -0.39 is 15.9 Å². The first kappa shape index (κ1) is 22.3. The molecule has 2 amide bonds. The van der Waals surface area contributed by atoms with Crippen LogP contribution in [-0.2, 0) is 26.2 Å². The van der Waals surface area contributed by atoms with Gasteiger partial charge in [0.1, 0.15) is 5.75 Å². The smallest absolute Gasteiger partial charge is 0.240 e. The van der Waals surface area contributed by atoms with Gasteiger partial charge in [0.05, 0.1) is 23.1 Å². The third-order valence-electron chi connectivity index (χ3n) is 5.55. The molecule has 0 aromatic heterocycles. The van der Waals surface area contributed by atoms with E-state index in [1.54, 1.807) is 17.0 Å². The van der Waals surface area contributed by atoms with Gasteiger partial charge in [-0.3, -0.25) is 9.59 Å². The predicted molar refractivity (Wildman–Crippen MR) is 120 cm³/mol. The monoisotopic (exact) mass is 457 g/mol. The van der Waals surface area contributed by atoms with Crippen molar-refractivity contribution < 1.29 is 22.7 Å². The second kappa shape index (κ2) is 9.30. The molecule has 1 heterocycles. The van der Waals surface area contributed by atoms with Gasteiger partial charge in [0, 0.05) is 25.6 Å². The number of carbonyl (C=O) groups is 2. The highest BCUT2D eigenvalue weighted by molar-refractivity contribution is 7.89. The summed E-state index contributed by atoms with van der Waals surface area (Å²) in [5.74, 6) is -0.160. The fraction of sp³-hybridized carbons (Fsp3) is 0.391. The van der Waals surface area contributed by atoms with Gasteiger partial charge in [-0.05, 0) is 49.6 Å². The standard InChI is InChI=1S/C23H27N3O5S/c1-2-31-21-6-4-3-5-20(21)26-15-17(13-22(26)27)23(28)24-14-16-7-11-19(12-8-16)32(29,30)25-18-9-10-18/h3-8,11-12,17-18,25H,2,9-10,13-15H2,1H3,(H,24,28). The van der Waals surface area contributed by atoms with E-state index in [0.29, 0.717) is 24.6 Å². The van der Waals surface area contributed by atoms with Crippen LogP contribution in [0.4, 0.5) is 5.69 Å². The molecule has 9 heteroatoms. The third-order valence-corrected chi connectivity index (χ3v) is 7.09. The van der Waals surface area contributed by atoms with Crippen molar-refractivity contribution in [3.63, 3.8) is 0 Å². The molecule has 1 atom stereocenters. The Labute approximate surface area is 188 Å². The summed E-state index contributed by atoms with van der Waals surface area (Å²) >= 11 is 0. The van der Waals surface area contributed by atoms with E-state index in [1.807, 2.05) is 31.2 Å². The molecule has 8 nitrogen and oxygen atoms in total. The molecule has 2 aromatic rings. The molecule has 170 valence electrons. The van der Waals surface area contributed by atoms with Crippen LogP contribution < -0.4 is 19.7 Å². The first-order chi connectivity index (χ1) is 15.4. The fourth-order valence-corrected chi connectivity index (χ4v) is 4.99. The highest BCUT2D eigenvalue weighted by Crippen LogP contribution is 2.33. The molecular formula is C23H27N3O5S. The maximum atomic E-state index is 12.7. The minimum Gasteiger partial charge on any atom is -0.492 e. The summed E-state index contributed by atoms with van der Waals surface area (Å²) in [4.78, 5) is 27.1. The van der Waals surface area contributed by atoms with Gasteiger partial charge < -0.3 is 15.0 Å². The zero-order chi connectivity index (χ0) is 22.7. The van der Waals surface area contributed by atoms with Gasteiger partial charge in [0.15, 0.2) is 0 Å². The van der Waals surface area contributed by atoms with Crippen LogP contribution in [0.25, 0.3) is 0 Å². The van der Waals surface area contributed by atoms with Gasteiger partial charge >= 0.3 is 0 Å². The summed E-state index contributed by atoms with van der Waals surface area (Å²) in [5, 5.41) is 2.86. The van der Waals surface area contributed by atoms with Crippen LogP contribution >= 0.6 is 0 Å². The molecule has 2 aromatic carbocycles. The van der Waals surface area contributed by atoms with Crippen molar-refractivity contribution in [3.05, 3.63) is 54.1 Å². The molecular weight excluding hydrogens is 430 g/mol. The zero-order valence-corrected chi connectivity index (χ0v) is 18.7. The number of sulfonamides is 1. The lowest BCUT2D eigenvalue weighted by Gasteiger charge is -2.20. The number of para-hydroxylation sites is 2. The number of nitrogens with one attached hydrogen (secondary N) is 2.